The summed E-state index contributed by atoms with van der Waals surface area (Å²) in [7, 11) is 0. The van der Waals surface area contributed by atoms with E-state index in [0.717, 1.165) is 6.07 Å². The SMILES string of the molecule is O=C(Nc1cccc(Cl)c1C(=O)O)c1cc(Br)ccc1F. The van der Waals surface area contributed by atoms with Gasteiger partial charge in [-0.05, 0) is 30.3 Å². The summed E-state index contributed by atoms with van der Waals surface area (Å²) in [6.45, 7) is 0. The molecule has 2 N–H and O–H groups in total. The number of hydrogen-bond acceptors (Lipinski definition) is 2. The third-order valence-electron chi connectivity index (χ3n) is 2.65. The van der Waals surface area contributed by atoms with Crippen LogP contribution in [0.25, 0.3) is 0 Å². The first kappa shape index (κ1) is 15.5. The van der Waals surface area contributed by atoms with Crippen LogP contribution in [0.5, 0.6) is 0 Å². The molecule has 0 spiro atoms. The summed E-state index contributed by atoms with van der Waals surface area (Å²) >= 11 is 8.93. The van der Waals surface area contributed by atoms with Gasteiger partial charge in [0.15, 0.2) is 0 Å². The van der Waals surface area contributed by atoms with E-state index in [2.05, 4.69) is 21.2 Å². The summed E-state index contributed by atoms with van der Waals surface area (Å²) in [5.41, 5.74) is -0.456. The smallest absolute Gasteiger partial charge is 0.339 e. The van der Waals surface area contributed by atoms with Gasteiger partial charge in [0.05, 0.1) is 16.3 Å². The summed E-state index contributed by atoms with van der Waals surface area (Å²) < 4.78 is 14.2. The molecule has 0 saturated carbocycles. The number of rotatable bonds is 3. The number of carboxylic acid groups (broad SMARTS) is 1. The lowest BCUT2D eigenvalue weighted by atomic mass is 10.1. The van der Waals surface area contributed by atoms with Gasteiger partial charge in [-0.15, -0.1) is 0 Å². The van der Waals surface area contributed by atoms with E-state index in [0.29, 0.717) is 4.47 Å². The normalized spacial score (nSPS) is 10.2. The van der Waals surface area contributed by atoms with Crippen molar-refractivity contribution in [1.82, 2.24) is 0 Å². The number of anilines is 1. The van der Waals surface area contributed by atoms with E-state index >= 15 is 0 Å². The van der Waals surface area contributed by atoms with Gasteiger partial charge in [-0.25, -0.2) is 9.18 Å². The van der Waals surface area contributed by atoms with Gasteiger partial charge in [0, 0.05) is 4.47 Å². The van der Waals surface area contributed by atoms with Crippen molar-refractivity contribution in [2.75, 3.05) is 5.32 Å². The van der Waals surface area contributed by atoms with Crippen molar-refractivity contribution in [2.24, 2.45) is 0 Å². The van der Waals surface area contributed by atoms with Crippen LogP contribution in [0.3, 0.4) is 0 Å². The van der Waals surface area contributed by atoms with Crippen molar-refractivity contribution in [3.63, 3.8) is 0 Å². The molecular weight excluding hydrogens is 365 g/mol. The second kappa shape index (κ2) is 6.24. The number of carbonyl (C=O) groups excluding carboxylic acids is 1. The van der Waals surface area contributed by atoms with Crippen molar-refractivity contribution in [1.29, 1.82) is 0 Å². The van der Waals surface area contributed by atoms with Crippen molar-refractivity contribution in [3.05, 3.63) is 62.8 Å². The molecule has 2 aromatic carbocycles. The Morgan fingerprint density at radius 3 is 2.62 bits per heavy atom. The second-order valence-electron chi connectivity index (χ2n) is 4.05. The first-order valence-corrected chi connectivity index (χ1v) is 6.85. The first-order chi connectivity index (χ1) is 9.90. The quantitative estimate of drug-likeness (QED) is 0.849. The number of carbonyl (C=O) groups is 2. The van der Waals surface area contributed by atoms with Crippen molar-refractivity contribution in [3.8, 4) is 0 Å². The third-order valence-corrected chi connectivity index (χ3v) is 3.46. The Balaban J connectivity index is 2.39. The molecule has 7 heteroatoms. The molecule has 0 fully saturated rings. The molecule has 0 aliphatic rings. The molecule has 0 unspecified atom stereocenters. The predicted molar refractivity (Wildman–Crippen MR) is 80.5 cm³/mol. The van der Waals surface area contributed by atoms with Crippen LogP contribution in [0.15, 0.2) is 40.9 Å². The Hall–Kier alpha value is -1.92. The molecule has 0 aliphatic heterocycles. The van der Waals surface area contributed by atoms with Crippen molar-refractivity contribution >= 4 is 45.1 Å². The Kier molecular flexibility index (Phi) is 4.59. The van der Waals surface area contributed by atoms with Gasteiger partial charge in [-0.3, -0.25) is 4.79 Å². The summed E-state index contributed by atoms with van der Waals surface area (Å²) in [5.74, 6) is -2.77. The maximum absolute atomic E-state index is 13.6. The number of aromatic carboxylic acids is 1. The zero-order chi connectivity index (χ0) is 15.6. The molecule has 4 nitrogen and oxygen atoms in total. The minimum absolute atomic E-state index is 0.000578. The highest BCUT2D eigenvalue weighted by Gasteiger charge is 2.18. The van der Waals surface area contributed by atoms with Crippen molar-refractivity contribution < 1.29 is 19.1 Å². The van der Waals surface area contributed by atoms with E-state index in [1.54, 1.807) is 0 Å². The molecule has 0 radical (unpaired) electrons. The highest BCUT2D eigenvalue weighted by molar-refractivity contribution is 9.10. The monoisotopic (exact) mass is 371 g/mol. The summed E-state index contributed by atoms with van der Waals surface area (Å²) in [6, 6.07) is 8.14. The van der Waals surface area contributed by atoms with Crippen LogP contribution in [0.1, 0.15) is 20.7 Å². The maximum Gasteiger partial charge on any atom is 0.339 e. The molecule has 0 saturated heterocycles. The fourth-order valence-corrected chi connectivity index (χ4v) is 2.32. The Morgan fingerprint density at radius 2 is 1.95 bits per heavy atom. The average molecular weight is 373 g/mol. The Bertz CT molecular complexity index is 736. The molecule has 0 atom stereocenters. The summed E-state index contributed by atoms with van der Waals surface area (Å²) in [6.07, 6.45) is 0. The van der Waals surface area contributed by atoms with E-state index < -0.39 is 17.7 Å². The molecule has 2 rings (SSSR count). The number of nitrogens with one attached hydrogen (secondary N) is 1. The van der Waals surface area contributed by atoms with Gasteiger partial charge in [0.1, 0.15) is 11.4 Å². The fourth-order valence-electron chi connectivity index (χ4n) is 1.71. The van der Waals surface area contributed by atoms with E-state index in [9.17, 15) is 14.0 Å². The predicted octanol–water partition coefficient (Wildman–Crippen LogP) is 4.19. The molecule has 0 aliphatic carbocycles. The minimum Gasteiger partial charge on any atom is -0.478 e. The molecule has 21 heavy (non-hydrogen) atoms. The van der Waals surface area contributed by atoms with Gasteiger partial charge in [0.2, 0.25) is 0 Å². The maximum atomic E-state index is 13.6. The van der Waals surface area contributed by atoms with E-state index in [-0.39, 0.29) is 21.8 Å². The van der Waals surface area contributed by atoms with Gasteiger partial charge < -0.3 is 10.4 Å². The number of hydrogen-bond donors (Lipinski definition) is 2. The van der Waals surface area contributed by atoms with Crippen LogP contribution in [-0.2, 0) is 0 Å². The highest BCUT2D eigenvalue weighted by atomic mass is 79.9. The lowest BCUT2D eigenvalue weighted by Gasteiger charge is -2.10. The van der Waals surface area contributed by atoms with Crippen LogP contribution < -0.4 is 5.32 Å². The Labute approximate surface area is 132 Å². The minimum atomic E-state index is -1.29. The largest absolute Gasteiger partial charge is 0.478 e. The summed E-state index contributed by atoms with van der Waals surface area (Å²) in [4.78, 5) is 23.2. The van der Waals surface area contributed by atoms with Gasteiger partial charge in [-0.2, -0.15) is 0 Å². The third kappa shape index (κ3) is 3.40. The van der Waals surface area contributed by atoms with Crippen LogP contribution in [-0.4, -0.2) is 17.0 Å². The standard InChI is InChI=1S/C14H8BrClFNO3/c15-7-4-5-10(17)8(6-7)13(19)18-11-3-1-2-9(16)12(11)14(20)21/h1-6H,(H,18,19)(H,20,21). The van der Waals surface area contributed by atoms with Crippen LogP contribution in [0.2, 0.25) is 5.02 Å². The fraction of sp³-hybridized carbons (Fsp3) is 0. The van der Waals surface area contributed by atoms with Crippen LogP contribution >= 0.6 is 27.5 Å². The number of halogens is 3. The van der Waals surface area contributed by atoms with E-state index in [4.69, 9.17) is 16.7 Å². The van der Waals surface area contributed by atoms with E-state index in [1.165, 1.54) is 30.3 Å². The zero-order valence-corrected chi connectivity index (χ0v) is 12.7. The topological polar surface area (TPSA) is 66.4 Å². The Morgan fingerprint density at radius 1 is 1.24 bits per heavy atom. The van der Waals surface area contributed by atoms with Gasteiger partial charge in [0.25, 0.3) is 5.91 Å². The zero-order valence-electron chi connectivity index (χ0n) is 10.4. The average Bonchev–Trinajstić information content (AvgIpc) is 2.41. The summed E-state index contributed by atoms with van der Waals surface area (Å²) in [5, 5.41) is 11.4. The first-order valence-electron chi connectivity index (χ1n) is 5.68. The number of amides is 1. The molecule has 0 heterocycles. The molecule has 0 aromatic heterocycles. The molecule has 108 valence electrons. The lowest BCUT2D eigenvalue weighted by Crippen LogP contribution is -2.16. The van der Waals surface area contributed by atoms with Crippen LogP contribution in [0.4, 0.5) is 10.1 Å². The van der Waals surface area contributed by atoms with Crippen molar-refractivity contribution in [2.45, 2.75) is 0 Å². The van der Waals surface area contributed by atoms with Gasteiger partial charge in [-0.1, -0.05) is 33.6 Å². The van der Waals surface area contributed by atoms with Crippen LogP contribution in [0, 0.1) is 5.82 Å². The second-order valence-corrected chi connectivity index (χ2v) is 5.37. The molecular formula is C14H8BrClFNO3. The number of benzene rings is 2. The molecule has 0 bridgehead atoms. The molecule has 1 amide bonds. The van der Waals surface area contributed by atoms with Gasteiger partial charge >= 0.3 is 5.97 Å². The van der Waals surface area contributed by atoms with E-state index in [1.807, 2.05) is 0 Å². The lowest BCUT2D eigenvalue weighted by molar-refractivity contribution is 0.0698. The number of carboxylic acids is 1. The highest BCUT2D eigenvalue weighted by Crippen LogP contribution is 2.25. The molecule has 2 aromatic rings.